The number of carbonyl (C=O) groups excluding carboxylic acids is 1. The van der Waals surface area contributed by atoms with E-state index >= 15 is 0 Å². The molecule has 1 aliphatic carbocycles. The van der Waals surface area contributed by atoms with Crippen molar-refractivity contribution in [3.05, 3.63) is 122 Å². The average Bonchev–Trinajstić information content (AvgIpc) is 3.75. The van der Waals surface area contributed by atoms with Gasteiger partial charge in [0.2, 0.25) is 0 Å². The molecule has 0 amide bonds. The summed E-state index contributed by atoms with van der Waals surface area (Å²) in [6.45, 7) is 14.5. The Kier molecular flexibility index (Phi) is 9.81. The molecule has 0 radical (unpaired) electrons. The Morgan fingerprint density at radius 3 is 2.65 bits per heavy atom. The number of benzene rings is 2. The molecule has 2 N–H and O–H groups in total. The number of aromatic hydroxyl groups is 1. The van der Waals surface area contributed by atoms with Gasteiger partial charge >= 0.3 is 6.09 Å². The quantitative estimate of drug-likeness (QED) is 0.150. The predicted molar refractivity (Wildman–Crippen MR) is 196 cm³/mol. The van der Waals surface area contributed by atoms with E-state index in [4.69, 9.17) is 14.5 Å². The van der Waals surface area contributed by atoms with E-state index in [1.807, 2.05) is 81.5 Å². The zero-order chi connectivity index (χ0) is 34.8. The second-order valence-corrected chi connectivity index (χ2v) is 13.6. The molecule has 4 aromatic rings. The fourth-order valence-electron chi connectivity index (χ4n) is 7.26. The Bertz CT molecular complexity index is 2180. The van der Waals surface area contributed by atoms with Crippen molar-refractivity contribution < 1.29 is 19.4 Å². The first kappa shape index (κ1) is 33.8. The number of aromatic amines is 1. The standard InChI is InChI=1S/C42H47N3O4/c1-8-9-10-13-29-20-38(46)41(32-18-26(4)16-17-31(32)25(2)3)40(21-29)49-42(47)45-28(6)19-27(5)37(45)23-36-39(48-7)24-35(44-36)34-22-30-14-11-12-15-33(30)43-34/h11-12,14-15,18-24,31-32,44,46H,2,8-10,13,16-17H2,1,3-7H3/b35-34-,36-23-. The molecule has 0 fully saturated rings. The van der Waals surface area contributed by atoms with Gasteiger partial charge in [-0.15, -0.1) is 0 Å². The van der Waals surface area contributed by atoms with Crippen molar-refractivity contribution in [2.24, 2.45) is 10.9 Å². The van der Waals surface area contributed by atoms with Gasteiger partial charge in [0.25, 0.3) is 0 Å². The van der Waals surface area contributed by atoms with Gasteiger partial charge in [-0.3, -0.25) is 0 Å². The Labute approximate surface area is 288 Å². The summed E-state index contributed by atoms with van der Waals surface area (Å²) in [6.07, 6.45) is 11.5. The molecule has 7 heteroatoms. The van der Waals surface area contributed by atoms with Gasteiger partial charge in [-0.2, -0.15) is 0 Å². The summed E-state index contributed by atoms with van der Waals surface area (Å²) in [5, 5.41) is 15.1. The van der Waals surface area contributed by atoms with Gasteiger partial charge in [0.15, 0.2) is 0 Å². The van der Waals surface area contributed by atoms with Crippen LogP contribution in [0.4, 0.5) is 4.79 Å². The Balaban J connectivity index is 1.44. The molecule has 0 bridgehead atoms. The number of hydrogen-bond donors (Lipinski definition) is 2. The van der Waals surface area contributed by atoms with Crippen LogP contribution in [0.15, 0.2) is 77.3 Å². The maximum Gasteiger partial charge on any atom is 0.424 e. The number of aryl methyl sites for hydroxylation is 3. The lowest BCUT2D eigenvalue weighted by Crippen LogP contribution is -2.23. The minimum Gasteiger partial charge on any atom is -0.507 e. The first-order valence-electron chi connectivity index (χ1n) is 17.3. The summed E-state index contributed by atoms with van der Waals surface area (Å²) in [4.78, 5) is 22.5. The molecule has 254 valence electrons. The summed E-state index contributed by atoms with van der Waals surface area (Å²) in [7, 11) is 1.63. The van der Waals surface area contributed by atoms with E-state index in [0.29, 0.717) is 28.1 Å². The third kappa shape index (κ3) is 6.93. The number of unbranched alkanes of at least 4 members (excludes halogenated alkanes) is 2. The van der Waals surface area contributed by atoms with Crippen molar-refractivity contribution in [3.63, 3.8) is 0 Å². The van der Waals surface area contributed by atoms with Crippen molar-refractivity contribution in [3.8, 4) is 17.2 Å². The van der Waals surface area contributed by atoms with Crippen LogP contribution in [-0.2, 0) is 6.42 Å². The highest BCUT2D eigenvalue weighted by Gasteiger charge is 2.32. The zero-order valence-corrected chi connectivity index (χ0v) is 29.5. The highest BCUT2D eigenvalue weighted by atomic mass is 16.6. The molecule has 0 saturated carbocycles. The van der Waals surface area contributed by atoms with E-state index in [-0.39, 0.29) is 17.6 Å². The van der Waals surface area contributed by atoms with Crippen molar-refractivity contribution >= 4 is 23.9 Å². The normalized spacial score (nSPS) is 18.4. The summed E-state index contributed by atoms with van der Waals surface area (Å²) < 4.78 is 13.7. The number of para-hydroxylation sites is 1. The molecule has 49 heavy (non-hydrogen) atoms. The van der Waals surface area contributed by atoms with Crippen LogP contribution in [0.3, 0.4) is 0 Å². The van der Waals surface area contributed by atoms with E-state index < -0.39 is 6.09 Å². The van der Waals surface area contributed by atoms with Crippen LogP contribution in [0.25, 0.3) is 17.8 Å². The number of ether oxygens (including phenoxy) is 2. The largest absolute Gasteiger partial charge is 0.507 e. The van der Waals surface area contributed by atoms with Crippen molar-refractivity contribution in [1.82, 2.24) is 9.55 Å². The number of carbonyl (C=O) groups is 1. The number of phenols is 1. The number of aromatic nitrogens is 2. The number of fused-ring (bicyclic) bond motifs is 1. The lowest BCUT2D eigenvalue weighted by molar-refractivity contribution is 0.200. The maximum absolute atomic E-state index is 14.3. The van der Waals surface area contributed by atoms with Crippen LogP contribution in [0, 0.1) is 19.8 Å². The number of hydrogen-bond acceptors (Lipinski definition) is 5. The molecule has 0 spiro atoms. The molecular weight excluding hydrogens is 610 g/mol. The van der Waals surface area contributed by atoms with Crippen LogP contribution >= 0.6 is 0 Å². The minimum atomic E-state index is -0.540. The number of nitrogens with zero attached hydrogens (tertiary/aromatic N) is 2. The van der Waals surface area contributed by atoms with E-state index in [1.54, 1.807) is 11.7 Å². The molecular formula is C42H47N3O4. The van der Waals surface area contributed by atoms with E-state index in [2.05, 4.69) is 31.5 Å². The third-order valence-corrected chi connectivity index (χ3v) is 9.82. The molecule has 3 heterocycles. The first-order chi connectivity index (χ1) is 23.6. The van der Waals surface area contributed by atoms with E-state index in [1.165, 1.54) is 5.57 Å². The number of phenolic OH excluding ortho intramolecular Hbond substituents is 1. The maximum atomic E-state index is 14.3. The summed E-state index contributed by atoms with van der Waals surface area (Å²) in [5.41, 5.74) is 7.03. The van der Waals surface area contributed by atoms with Crippen molar-refractivity contribution in [1.29, 1.82) is 0 Å². The Morgan fingerprint density at radius 2 is 1.92 bits per heavy atom. The summed E-state index contributed by atoms with van der Waals surface area (Å²) in [6, 6.07) is 15.7. The van der Waals surface area contributed by atoms with Gasteiger partial charge in [0.1, 0.15) is 17.2 Å². The smallest absolute Gasteiger partial charge is 0.424 e. The van der Waals surface area contributed by atoms with Gasteiger partial charge in [0, 0.05) is 28.5 Å². The van der Waals surface area contributed by atoms with Crippen LogP contribution in [-0.4, -0.2) is 27.9 Å². The first-order valence-corrected chi connectivity index (χ1v) is 17.3. The second kappa shape index (κ2) is 14.2. The zero-order valence-electron chi connectivity index (χ0n) is 29.5. The molecule has 2 unspecified atom stereocenters. The summed E-state index contributed by atoms with van der Waals surface area (Å²) >= 11 is 0. The molecule has 2 aromatic heterocycles. The monoisotopic (exact) mass is 657 g/mol. The molecule has 2 aliphatic rings. The second-order valence-electron chi connectivity index (χ2n) is 13.6. The van der Waals surface area contributed by atoms with Crippen molar-refractivity contribution in [2.45, 2.75) is 79.1 Å². The number of methoxy groups -OCH3 is 1. The van der Waals surface area contributed by atoms with Crippen LogP contribution < -0.4 is 30.7 Å². The lowest BCUT2D eigenvalue weighted by atomic mass is 9.73. The number of allylic oxidation sites excluding steroid dienone is 3. The van der Waals surface area contributed by atoms with Gasteiger partial charge in [-0.1, -0.05) is 61.8 Å². The number of rotatable bonds is 9. The molecule has 0 saturated heterocycles. The topological polar surface area (TPSA) is 88.8 Å². The van der Waals surface area contributed by atoms with Gasteiger partial charge in [-0.25, -0.2) is 14.4 Å². The van der Waals surface area contributed by atoms with Gasteiger partial charge in [-0.05, 0) is 107 Å². The molecule has 2 aromatic carbocycles. The lowest BCUT2D eigenvalue weighted by Gasteiger charge is -2.32. The predicted octanol–water partition coefficient (Wildman–Crippen LogP) is 6.99. The van der Waals surface area contributed by atoms with E-state index in [9.17, 15) is 9.90 Å². The molecule has 1 aliphatic heterocycles. The number of H-pyrrole nitrogens is 1. The molecule has 2 atom stereocenters. The fraction of sp³-hybridized carbons (Fsp3) is 0.333. The average molecular weight is 658 g/mol. The third-order valence-electron chi connectivity index (χ3n) is 9.82. The Hall–Kier alpha value is -5.04. The number of nitrogens with one attached hydrogen (secondary N) is 1. The van der Waals surface area contributed by atoms with Gasteiger partial charge < -0.3 is 19.6 Å². The van der Waals surface area contributed by atoms with E-state index in [0.717, 1.165) is 82.5 Å². The molecule has 6 rings (SSSR count). The molecule has 7 nitrogen and oxygen atoms in total. The highest BCUT2D eigenvalue weighted by molar-refractivity contribution is 5.80. The van der Waals surface area contributed by atoms with Crippen LogP contribution in [0.1, 0.15) is 86.9 Å². The van der Waals surface area contributed by atoms with Crippen molar-refractivity contribution in [2.75, 3.05) is 7.11 Å². The fourth-order valence-corrected chi connectivity index (χ4v) is 7.26. The van der Waals surface area contributed by atoms with Crippen LogP contribution in [0.5, 0.6) is 17.2 Å². The SMILES string of the molecule is C=C(C)C1CCC(C)=CC1c1c(O)cc(CCCCC)cc1OC(=O)n1c(C)cc(C)c1/C=c1\[nH]/c(=C2/C=c3ccccc3=N2)cc1OC. The summed E-state index contributed by atoms with van der Waals surface area (Å²) in [5.74, 6) is 1.16. The van der Waals surface area contributed by atoms with Crippen LogP contribution in [0.2, 0.25) is 0 Å². The van der Waals surface area contributed by atoms with Gasteiger partial charge in [0.05, 0.1) is 34.6 Å². The minimum absolute atomic E-state index is 0.126. The highest BCUT2D eigenvalue weighted by Crippen LogP contribution is 2.47. The Morgan fingerprint density at radius 1 is 1.12 bits per heavy atom.